The minimum atomic E-state index is -3.07. The average molecular weight is 272 g/mol. The van der Waals surface area contributed by atoms with Gasteiger partial charge in [0.1, 0.15) is 0 Å². The van der Waals surface area contributed by atoms with Crippen molar-refractivity contribution in [1.29, 1.82) is 0 Å². The van der Waals surface area contributed by atoms with Gasteiger partial charge in [0.05, 0.1) is 5.25 Å². The van der Waals surface area contributed by atoms with Gasteiger partial charge in [-0.2, -0.15) is 4.31 Å². The lowest BCUT2D eigenvalue weighted by Crippen LogP contribution is -2.52. The van der Waals surface area contributed by atoms with E-state index in [4.69, 9.17) is 5.73 Å². The Labute approximate surface area is 110 Å². The van der Waals surface area contributed by atoms with E-state index >= 15 is 0 Å². The summed E-state index contributed by atoms with van der Waals surface area (Å²) < 4.78 is 27.5. The van der Waals surface area contributed by atoms with Crippen LogP contribution in [0.5, 0.6) is 0 Å². The maximum absolute atomic E-state index is 12.8. The van der Waals surface area contributed by atoms with E-state index in [0.29, 0.717) is 0 Å². The van der Waals surface area contributed by atoms with Crippen molar-refractivity contribution < 1.29 is 8.42 Å². The Bertz CT molecular complexity index is 389. The highest BCUT2D eigenvalue weighted by Gasteiger charge is 2.48. The van der Waals surface area contributed by atoms with Crippen molar-refractivity contribution in [3.63, 3.8) is 0 Å². The number of hydrogen-bond acceptors (Lipinski definition) is 3. The van der Waals surface area contributed by atoms with E-state index in [9.17, 15) is 8.42 Å². The SMILES string of the molecule is NC1CC2CCC(C1)N2S(=O)(=O)C1CCCCC1. The van der Waals surface area contributed by atoms with Crippen molar-refractivity contribution in [2.24, 2.45) is 5.73 Å². The van der Waals surface area contributed by atoms with Crippen LogP contribution < -0.4 is 5.73 Å². The summed E-state index contributed by atoms with van der Waals surface area (Å²) in [5.74, 6) is 0. The molecular weight excluding hydrogens is 248 g/mol. The molecule has 0 radical (unpaired) electrons. The van der Waals surface area contributed by atoms with Crippen LogP contribution in [0, 0.1) is 0 Å². The minimum Gasteiger partial charge on any atom is -0.328 e. The zero-order valence-electron chi connectivity index (χ0n) is 10.9. The van der Waals surface area contributed by atoms with Gasteiger partial charge < -0.3 is 5.73 Å². The lowest BCUT2D eigenvalue weighted by atomic mass is 10.0. The highest BCUT2D eigenvalue weighted by Crippen LogP contribution is 2.40. The standard InChI is InChI=1S/C13H24N2O2S/c14-10-8-11-6-7-12(9-10)15(11)18(16,17)13-4-2-1-3-5-13/h10-13H,1-9,14H2. The van der Waals surface area contributed by atoms with Crippen LogP contribution in [-0.2, 0) is 10.0 Å². The predicted molar refractivity (Wildman–Crippen MR) is 71.7 cm³/mol. The van der Waals surface area contributed by atoms with Crippen molar-refractivity contribution in [3.05, 3.63) is 0 Å². The molecule has 2 bridgehead atoms. The normalized spacial score (nSPS) is 39.1. The molecule has 3 rings (SSSR count). The topological polar surface area (TPSA) is 63.4 Å². The second-order valence-electron chi connectivity index (χ2n) is 6.25. The number of piperidine rings is 1. The first-order valence-electron chi connectivity index (χ1n) is 7.37. The Kier molecular flexibility index (Phi) is 3.41. The Morgan fingerprint density at radius 1 is 0.889 bits per heavy atom. The second kappa shape index (κ2) is 4.76. The molecular formula is C13H24N2O2S. The largest absolute Gasteiger partial charge is 0.328 e. The molecule has 2 heterocycles. The summed E-state index contributed by atoms with van der Waals surface area (Å²) in [6.45, 7) is 0. The molecule has 0 aromatic heterocycles. The van der Waals surface area contributed by atoms with Crippen molar-refractivity contribution in [2.45, 2.75) is 81.2 Å². The highest BCUT2D eigenvalue weighted by molar-refractivity contribution is 7.89. The van der Waals surface area contributed by atoms with Crippen molar-refractivity contribution >= 4 is 10.0 Å². The summed E-state index contributed by atoms with van der Waals surface area (Å²) in [6, 6.07) is 0.608. The fraction of sp³-hybridized carbons (Fsp3) is 1.00. The Hall–Kier alpha value is -0.130. The quantitative estimate of drug-likeness (QED) is 0.830. The summed E-state index contributed by atoms with van der Waals surface area (Å²) in [7, 11) is -3.07. The second-order valence-corrected chi connectivity index (χ2v) is 8.37. The van der Waals surface area contributed by atoms with Crippen LogP contribution >= 0.6 is 0 Å². The van der Waals surface area contributed by atoms with Gasteiger partial charge in [-0.15, -0.1) is 0 Å². The van der Waals surface area contributed by atoms with Crippen LogP contribution in [0.4, 0.5) is 0 Å². The molecule has 2 aliphatic heterocycles. The lowest BCUT2D eigenvalue weighted by Gasteiger charge is -2.39. The van der Waals surface area contributed by atoms with Gasteiger partial charge in [-0.05, 0) is 38.5 Å². The third-order valence-corrected chi connectivity index (χ3v) is 7.47. The average Bonchev–Trinajstić information content (AvgIpc) is 2.64. The highest BCUT2D eigenvalue weighted by atomic mass is 32.2. The summed E-state index contributed by atoms with van der Waals surface area (Å²) in [6.07, 6.45) is 8.84. The molecule has 2 saturated heterocycles. The molecule has 5 heteroatoms. The molecule has 2 atom stereocenters. The van der Waals surface area contributed by atoms with Crippen LogP contribution in [0.15, 0.2) is 0 Å². The molecule has 18 heavy (non-hydrogen) atoms. The number of rotatable bonds is 2. The van der Waals surface area contributed by atoms with E-state index in [1.165, 1.54) is 6.42 Å². The van der Waals surface area contributed by atoms with E-state index in [-0.39, 0.29) is 23.4 Å². The van der Waals surface area contributed by atoms with Gasteiger partial charge in [0.15, 0.2) is 0 Å². The number of fused-ring (bicyclic) bond motifs is 2. The maximum Gasteiger partial charge on any atom is 0.217 e. The summed E-state index contributed by atoms with van der Waals surface area (Å²) in [5, 5.41) is -0.108. The molecule has 2 N–H and O–H groups in total. The first-order chi connectivity index (χ1) is 8.59. The van der Waals surface area contributed by atoms with Crippen LogP contribution in [0.3, 0.4) is 0 Å². The maximum atomic E-state index is 12.8. The minimum absolute atomic E-state index is 0.108. The first-order valence-corrected chi connectivity index (χ1v) is 8.87. The molecule has 3 fully saturated rings. The zero-order chi connectivity index (χ0) is 12.8. The fourth-order valence-corrected chi connectivity index (χ4v) is 6.61. The predicted octanol–water partition coefficient (Wildman–Crippen LogP) is 1.60. The molecule has 1 aliphatic carbocycles. The van der Waals surface area contributed by atoms with Crippen LogP contribution in [0.2, 0.25) is 0 Å². The van der Waals surface area contributed by atoms with Gasteiger partial charge >= 0.3 is 0 Å². The van der Waals surface area contributed by atoms with E-state index in [0.717, 1.165) is 51.4 Å². The van der Waals surface area contributed by atoms with Gasteiger partial charge in [-0.3, -0.25) is 0 Å². The molecule has 4 nitrogen and oxygen atoms in total. The molecule has 0 spiro atoms. The fourth-order valence-electron chi connectivity index (χ4n) is 4.13. The van der Waals surface area contributed by atoms with E-state index in [1.54, 1.807) is 0 Å². The van der Waals surface area contributed by atoms with Crippen LogP contribution in [0.1, 0.15) is 57.8 Å². The zero-order valence-corrected chi connectivity index (χ0v) is 11.7. The number of nitrogens with zero attached hydrogens (tertiary/aromatic N) is 1. The van der Waals surface area contributed by atoms with Crippen molar-refractivity contribution in [1.82, 2.24) is 4.31 Å². The number of sulfonamides is 1. The van der Waals surface area contributed by atoms with Crippen molar-refractivity contribution in [3.8, 4) is 0 Å². The molecule has 0 aromatic rings. The number of hydrogen-bond donors (Lipinski definition) is 1. The third kappa shape index (κ3) is 2.10. The van der Waals surface area contributed by atoms with E-state index < -0.39 is 10.0 Å². The van der Waals surface area contributed by atoms with Gasteiger partial charge in [0.25, 0.3) is 0 Å². The number of nitrogens with two attached hydrogens (primary N) is 1. The van der Waals surface area contributed by atoms with Crippen molar-refractivity contribution in [2.75, 3.05) is 0 Å². The van der Waals surface area contributed by atoms with E-state index in [1.807, 2.05) is 4.31 Å². The van der Waals surface area contributed by atoms with Crippen LogP contribution in [0.25, 0.3) is 0 Å². The smallest absolute Gasteiger partial charge is 0.217 e. The monoisotopic (exact) mass is 272 g/mol. The summed E-state index contributed by atoms with van der Waals surface area (Å²) >= 11 is 0. The van der Waals surface area contributed by atoms with Crippen LogP contribution in [-0.4, -0.2) is 36.1 Å². The molecule has 3 aliphatic rings. The Balaban J connectivity index is 1.81. The van der Waals surface area contributed by atoms with Gasteiger partial charge in [0, 0.05) is 18.1 Å². The molecule has 104 valence electrons. The molecule has 0 amide bonds. The Morgan fingerprint density at radius 2 is 1.44 bits per heavy atom. The van der Waals surface area contributed by atoms with Gasteiger partial charge in [-0.25, -0.2) is 8.42 Å². The lowest BCUT2D eigenvalue weighted by molar-refractivity contribution is 0.223. The first kappa shape index (κ1) is 12.9. The Morgan fingerprint density at radius 3 is 2.00 bits per heavy atom. The van der Waals surface area contributed by atoms with E-state index in [2.05, 4.69) is 0 Å². The van der Waals surface area contributed by atoms with Gasteiger partial charge in [0.2, 0.25) is 10.0 Å². The van der Waals surface area contributed by atoms with Gasteiger partial charge in [-0.1, -0.05) is 19.3 Å². The summed E-state index contributed by atoms with van der Waals surface area (Å²) in [4.78, 5) is 0. The molecule has 2 unspecified atom stereocenters. The molecule has 0 aromatic carbocycles. The third-order valence-electron chi connectivity index (χ3n) is 4.97. The molecule has 1 saturated carbocycles. The summed E-state index contributed by atoms with van der Waals surface area (Å²) in [5.41, 5.74) is 6.02.